The van der Waals surface area contributed by atoms with Gasteiger partial charge in [-0.2, -0.15) is 0 Å². The molecule has 1 unspecified atom stereocenters. The second-order valence-electron chi connectivity index (χ2n) is 4.28. The fourth-order valence-corrected chi connectivity index (χ4v) is 2.39. The van der Waals surface area contributed by atoms with Gasteiger partial charge in [-0.05, 0) is 32.6 Å². The third-order valence-electron chi connectivity index (χ3n) is 3.35. The first kappa shape index (κ1) is 11.0. The van der Waals surface area contributed by atoms with Crippen LogP contribution in [0.5, 0.6) is 0 Å². The molecule has 0 aromatic carbocycles. The Balaban J connectivity index is 2.51. The van der Waals surface area contributed by atoms with Crippen LogP contribution in [0.3, 0.4) is 0 Å². The Morgan fingerprint density at radius 1 is 1.31 bits per heavy atom. The SMILES string of the molecule is CCOC(C)(CN)C1CCCCC1. The molecule has 0 saturated heterocycles. The number of hydrogen-bond donors (Lipinski definition) is 1. The molecule has 0 spiro atoms. The molecule has 1 aliphatic rings. The van der Waals surface area contributed by atoms with Crippen LogP contribution in [0.25, 0.3) is 0 Å². The molecule has 1 aliphatic carbocycles. The van der Waals surface area contributed by atoms with E-state index in [0.29, 0.717) is 12.5 Å². The molecule has 2 heteroatoms. The topological polar surface area (TPSA) is 35.2 Å². The Bertz CT molecular complexity index is 143. The van der Waals surface area contributed by atoms with Crippen molar-refractivity contribution in [3.63, 3.8) is 0 Å². The van der Waals surface area contributed by atoms with Crippen LogP contribution < -0.4 is 5.73 Å². The summed E-state index contributed by atoms with van der Waals surface area (Å²) in [6, 6.07) is 0. The molecule has 0 bridgehead atoms. The van der Waals surface area contributed by atoms with Crippen LogP contribution in [0.2, 0.25) is 0 Å². The van der Waals surface area contributed by atoms with Gasteiger partial charge < -0.3 is 10.5 Å². The predicted octanol–water partition coefficient (Wildman–Crippen LogP) is 2.32. The molecule has 13 heavy (non-hydrogen) atoms. The quantitative estimate of drug-likeness (QED) is 0.729. The molecule has 1 rings (SSSR count). The molecule has 78 valence electrons. The van der Waals surface area contributed by atoms with Crippen molar-refractivity contribution in [3.8, 4) is 0 Å². The highest BCUT2D eigenvalue weighted by Crippen LogP contribution is 2.34. The van der Waals surface area contributed by atoms with Gasteiger partial charge in [0, 0.05) is 13.2 Å². The van der Waals surface area contributed by atoms with Crippen LogP contribution in [0.15, 0.2) is 0 Å². The van der Waals surface area contributed by atoms with Crippen LogP contribution >= 0.6 is 0 Å². The Morgan fingerprint density at radius 3 is 2.38 bits per heavy atom. The Morgan fingerprint density at radius 2 is 1.92 bits per heavy atom. The lowest BCUT2D eigenvalue weighted by atomic mass is 9.77. The van der Waals surface area contributed by atoms with Crippen molar-refractivity contribution in [2.45, 2.75) is 51.6 Å². The van der Waals surface area contributed by atoms with Gasteiger partial charge in [0.15, 0.2) is 0 Å². The minimum Gasteiger partial charge on any atom is -0.374 e. The van der Waals surface area contributed by atoms with Crippen molar-refractivity contribution in [2.75, 3.05) is 13.2 Å². The monoisotopic (exact) mass is 185 g/mol. The second kappa shape index (κ2) is 4.97. The average molecular weight is 185 g/mol. The first-order valence-corrected chi connectivity index (χ1v) is 5.57. The molecule has 2 nitrogen and oxygen atoms in total. The van der Waals surface area contributed by atoms with Gasteiger partial charge in [-0.25, -0.2) is 0 Å². The molecule has 0 aromatic rings. The van der Waals surface area contributed by atoms with Gasteiger partial charge in [0.05, 0.1) is 5.60 Å². The van der Waals surface area contributed by atoms with Gasteiger partial charge in [-0.15, -0.1) is 0 Å². The van der Waals surface area contributed by atoms with E-state index in [2.05, 4.69) is 13.8 Å². The third-order valence-corrected chi connectivity index (χ3v) is 3.35. The van der Waals surface area contributed by atoms with Gasteiger partial charge in [0.1, 0.15) is 0 Å². The van der Waals surface area contributed by atoms with Crippen LogP contribution in [0, 0.1) is 5.92 Å². The first-order valence-electron chi connectivity index (χ1n) is 5.57. The molecule has 1 fully saturated rings. The lowest BCUT2D eigenvalue weighted by Gasteiger charge is -2.38. The summed E-state index contributed by atoms with van der Waals surface area (Å²) in [4.78, 5) is 0. The summed E-state index contributed by atoms with van der Waals surface area (Å²) in [5.41, 5.74) is 5.74. The molecule has 1 atom stereocenters. The summed E-state index contributed by atoms with van der Waals surface area (Å²) >= 11 is 0. The Hall–Kier alpha value is -0.0800. The zero-order chi connectivity index (χ0) is 9.73. The largest absolute Gasteiger partial charge is 0.374 e. The maximum Gasteiger partial charge on any atom is 0.0803 e. The molecule has 0 heterocycles. The maximum absolute atomic E-state index is 5.80. The van der Waals surface area contributed by atoms with Crippen LogP contribution in [0.1, 0.15) is 46.0 Å². The molecule has 0 aliphatic heterocycles. The maximum atomic E-state index is 5.80. The standard InChI is InChI=1S/C11H23NO/c1-3-13-11(2,9-12)10-7-5-4-6-8-10/h10H,3-9,12H2,1-2H3. The van der Waals surface area contributed by atoms with E-state index in [1.54, 1.807) is 0 Å². The van der Waals surface area contributed by atoms with Crippen molar-refractivity contribution in [3.05, 3.63) is 0 Å². The minimum atomic E-state index is -0.0603. The third kappa shape index (κ3) is 2.68. The smallest absolute Gasteiger partial charge is 0.0803 e. The Labute approximate surface area is 81.8 Å². The van der Waals surface area contributed by atoms with Crippen molar-refractivity contribution < 1.29 is 4.74 Å². The molecule has 1 saturated carbocycles. The highest BCUT2D eigenvalue weighted by molar-refractivity contribution is 4.86. The fourth-order valence-electron chi connectivity index (χ4n) is 2.39. The summed E-state index contributed by atoms with van der Waals surface area (Å²) in [5.74, 6) is 0.686. The van der Waals surface area contributed by atoms with Gasteiger partial charge in [0.2, 0.25) is 0 Å². The van der Waals surface area contributed by atoms with E-state index in [0.717, 1.165) is 6.61 Å². The zero-order valence-corrected chi connectivity index (χ0v) is 9.01. The molecule has 0 radical (unpaired) electrons. The van der Waals surface area contributed by atoms with Gasteiger partial charge in [0.25, 0.3) is 0 Å². The Kier molecular flexibility index (Phi) is 4.20. The minimum absolute atomic E-state index is 0.0603. The van der Waals surface area contributed by atoms with E-state index in [9.17, 15) is 0 Å². The van der Waals surface area contributed by atoms with Crippen molar-refractivity contribution in [1.82, 2.24) is 0 Å². The zero-order valence-electron chi connectivity index (χ0n) is 9.01. The van der Waals surface area contributed by atoms with Crippen LogP contribution in [0.4, 0.5) is 0 Å². The summed E-state index contributed by atoms with van der Waals surface area (Å²) in [5, 5.41) is 0. The van der Waals surface area contributed by atoms with Gasteiger partial charge in [-0.3, -0.25) is 0 Å². The highest BCUT2D eigenvalue weighted by atomic mass is 16.5. The second-order valence-corrected chi connectivity index (χ2v) is 4.28. The highest BCUT2D eigenvalue weighted by Gasteiger charge is 2.34. The van der Waals surface area contributed by atoms with Crippen molar-refractivity contribution in [2.24, 2.45) is 11.7 Å². The molecule has 2 N–H and O–H groups in total. The fraction of sp³-hybridized carbons (Fsp3) is 1.00. The summed E-state index contributed by atoms with van der Waals surface area (Å²) in [6.45, 7) is 5.67. The first-order chi connectivity index (χ1) is 6.23. The summed E-state index contributed by atoms with van der Waals surface area (Å²) in [6.07, 6.45) is 6.70. The molecule has 0 amide bonds. The van der Waals surface area contributed by atoms with E-state index in [1.807, 2.05) is 0 Å². The van der Waals surface area contributed by atoms with E-state index >= 15 is 0 Å². The van der Waals surface area contributed by atoms with Gasteiger partial charge >= 0.3 is 0 Å². The molecular formula is C11H23NO. The lowest BCUT2D eigenvalue weighted by Crippen LogP contribution is -2.45. The molecule has 0 aromatic heterocycles. The lowest BCUT2D eigenvalue weighted by molar-refractivity contribution is -0.0713. The van der Waals surface area contributed by atoms with E-state index in [-0.39, 0.29) is 5.60 Å². The summed E-state index contributed by atoms with van der Waals surface area (Å²) in [7, 11) is 0. The number of rotatable bonds is 4. The average Bonchev–Trinajstić information content (AvgIpc) is 2.19. The van der Waals surface area contributed by atoms with E-state index in [4.69, 9.17) is 10.5 Å². The summed E-state index contributed by atoms with van der Waals surface area (Å²) < 4.78 is 5.79. The van der Waals surface area contributed by atoms with Crippen molar-refractivity contribution in [1.29, 1.82) is 0 Å². The van der Waals surface area contributed by atoms with Crippen LogP contribution in [-0.2, 0) is 4.74 Å². The normalized spacial score (nSPS) is 24.2. The van der Waals surface area contributed by atoms with Gasteiger partial charge in [-0.1, -0.05) is 19.3 Å². The number of hydrogen-bond acceptors (Lipinski definition) is 2. The number of ether oxygens (including phenoxy) is 1. The predicted molar refractivity (Wildman–Crippen MR) is 55.7 cm³/mol. The van der Waals surface area contributed by atoms with Crippen LogP contribution in [-0.4, -0.2) is 18.8 Å². The van der Waals surface area contributed by atoms with E-state index < -0.39 is 0 Å². The molecular weight excluding hydrogens is 162 g/mol. The van der Waals surface area contributed by atoms with Crippen molar-refractivity contribution >= 4 is 0 Å². The number of nitrogens with two attached hydrogens (primary N) is 1. The van der Waals surface area contributed by atoms with E-state index in [1.165, 1.54) is 32.1 Å².